The number of nitrogens with zero attached hydrogens (tertiary/aromatic N) is 2. The van der Waals surface area contributed by atoms with E-state index < -0.39 is 0 Å². The lowest BCUT2D eigenvalue weighted by Crippen LogP contribution is -2.19. The van der Waals surface area contributed by atoms with Crippen molar-refractivity contribution in [3.05, 3.63) is 18.0 Å². The van der Waals surface area contributed by atoms with Gasteiger partial charge in [-0.25, -0.2) is 0 Å². The van der Waals surface area contributed by atoms with Crippen molar-refractivity contribution >= 4 is 0 Å². The SMILES string of the molecule is CCn1nccc1CNCCC1CCCC1. The Balaban J connectivity index is 1.64. The fourth-order valence-corrected chi connectivity index (χ4v) is 2.62. The fraction of sp³-hybridized carbons (Fsp3) is 0.769. The highest BCUT2D eigenvalue weighted by Gasteiger charge is 2.13. The molecule has 0 aliphatic heterocycles. The lowest BCUT2D eigenvalue weighted by molar-refractivity contribution is 0.471. The molecule has 0 aromatic carbocycles. The van der Waals surface area contributed by atoms with Gasteiger partial charge in [0, 0.05) is 19.3 Å². The van der Waals surface area contributed by atoms with E-state index >= 15 is 0 Å². The van der Waals surface area contributed by atoms with Gasteiger partial charge < -0.3 is 5.32 Å². The molecule has 1 fully saturated rings. The molecule has 0 radical (unpaired) electrons. The first-order chi connectivity index (χ1) is 7.90. The summed E-state index contributed by atoms with van der Waals surface area (Å²) in [6.45, 7) is 5.21. The highest BCUT2D eigenvalue weighted by atomic mass is 15.3. The van der Waals surface area contributed by atoms with E-state index in [1.54, 1.807) is 0 Å². The molecule has 1 aliphatic rings. The summed E-state index contributed by atoms with van der Waals surface area (Å²) in [6, 6.07) is 2.10. The molecule has 1 aromatic rings. The van der Waals surface area contributed by atoms with Crippen LogP contribution in [0.4, 0.5) is 0 Å². The molecule has 0 saturated heterocycles. The molecule has 0 unspecified atom stereocenters. The van der Waals surface area contributed by atoms with Crippen molar-refractivity contribution in [2.45, 2.75) is 52.1 Å². The number of nitrogens with one attached hydrogen (secondary N) is 1. The zero-order valence-electron chi connectivity index (χ0n) is 10.3. The Morgan fingerprint density at radius 3 is 3.00 bits per heavy atom. The summed E-state index contributed by atoms with van der Waals surface area (Å²) >= 11 is 0. The van der Waals surface area contributed by atoms with Crippen molar-refractivity contribution in [2.75, 3.05) is 6.54 Å². The summed E-state index contributed by atoms with van der Waals surface area (Å²) in [6.07, 6.45) is 9.04. The van der Waals surface area contributed by atoms with E-state index in [1.165, 1.54) is 37.8 Å². The Hall–Kier alpha value is -0.830. The highest BCUT2D eigenvalue weighted by molar-refractivity contribution is 4.99. The van der Waals surface area contributed by atoms with E-state index in [0.29, 0.717) is 0 Å². The van der Waals surface area contributed by atoms with Crippen LogP contribution in [-0.2, 0) is 13.1 Å². The summed E-state index contributed by atoms with van der Waals surface area (Å²) in [5.74, 6) is 0.989. The zero-order chi connectivity index (χ0) is 11.2. The third kappa shape index (κ3) is 3.08. The average Bonchev–Trinajstić information content (AvgIpc) is 2.95. The minimum Gasteiger partial charge on any atom is -0.311 e. The molecule has 90 valence electrons. The van der Waals surface area contributed by atoms with Gasteiger partial charge in [0.2, 0.25) is 0 Å². The maximum Gasteiger partial charge on any atom is 0.0521 e. The van der Waals surface area contributed by atoms with Gasteiger partial charge in [0.25, 0.3) is 0 Å². The predicted molar refractivity (Wildman–Crippen MR) is 66.2 cm³/mol. The van der Waals surface area contributed by atoms with Crippen molar-refractivity contribution in [1.82, 2.24) is 15.1 Å². The van der Waals surface area contributed by atoms with Crippen LogP contribution >= 0.6 is 0 Å². The smallest absolute Gasteiger partial charge is 0.0521 e. The molecule has 0 amide bonds. The van der Waals surface area contributed by atoms with Crippen LogP contribution in [0.2, 0.25) is 0 Å². The Morgan fingerprint density at radius 1 is 1.44 bits per heavy atom. The van der Waals surface area contributed by atoms with Crippen molar-refractivity contribution in [2.24, 2.45) is 5.92 Å². The van der Waals surface area contributed by atoms with Gasteiger partial charge in [-0.3, -0.25) is 4.68 Å². The first-order valence-electron chi connectivity index (χ1n) is 6.61. The van der Waals surface area contributed by atoms with Crippen LogP contribution in [0, 0.1) is 5.92 Å². The third-order valence-corrected chi connectivity index (χ3v) is 3.61. The van der Waals surface area contributed by atoms with Crippen LogP contribution in [0.3, 0.4) is 0 Å². The van der Waals surface area contributed by atoms with Gasteiger partial charge >= 0.3 is 0 Å². The largest absolute Gasteiger partial charge is 0.311 e. The maximum atomic E-state index is 4.27. The van der Waals surface area contributed by atoms with Gasteiger partial charge in [0.1, 0.15) is 0 Å². The topological polar surface area (TPSA) is 29.9 Å². The second-order valence-electron chi connectivity index (χ2n) is 4.75. The van der Waals surface area contributed by atoms with E-state index in [0.717, 1.165) is 25.6 Å². The number of aryl methyl sites for hydroxylation is 1. The molecule has 0 spiro atoms. The number of hydrogen-bond donors (Lipinski definition) is 1. The number of rotatable bonds is 6. The van der Waals surface area contributed by atoms with Crippen LogP contribution in [-0.4, -0.2) is 16.3 Å². The molecule has 0 bridgehead atoms. The number of aromatic nitrogens is 2. The van der Waals surface area contributed by atoms with Gasteiger partial charge in [0.15, 0.2) is 0 Å². The van der Waals surface area contributed by atoms with Crippen LogP contribution in [0.15, 0.2) is 12.3 Å². The first-order valence-corrected chi connectivity index (χ1v) is 6.61. The molecular formula is C13H23N3. The summed E-state index contributed by atoms with van der Waals surface area (Å²) in [7, 11) is 0. The van der Waals surface area contributed by atoms with E-state index in [2.05, 4.69) is 28.1 Å². The second-order valence-corrected chi connectivity index (χ2v) is 4.75. The van der Waals surface area contributed by atoms with Crippen LogP contribution in [0.25, 0.3) is 0 Å². The van der Waals surface area contributed by atoms with Crippen LogP contribution < -0.4 is 5.32 Å². The molecule has 1 saturated carbocycles. The van der Waals surface area contributed by atoms with E-state index in [4.69, 9.17) is 0 Å². The Labute approximate surface area is 98.2 Å². The number of hydrogen-bond acceptors (Lipinski definition) is 2. The minimum atomic E-state index is 0.959. The van der Waals surface area contributed by atoms with Crippen molar-refractivity contribution in [1.29, 1.82) is 0 Å². The first kappa shape index (κ1) is 11.6. The van der Waals surface area contributed by atoms with Crippen LogP contribution in [0.1, 0.15) is 44.7 Å². The normalized spacial score (nSPS) is 17.1. The quantitative estimate of drug-likeness (QED) is 0.748. The second kappa shape index (κ2) is 6.04. The molecular weight excluding hydrogens is 198 g/mol. The summed E-state index contributed by atoms with van der Waals surface area (Å²) in [4.78, 5) is 0. The fourth-order valence-electron chi connectivity index (χ4n) is 2.62. The van der Waals surface area contributed by atoms with Crippen molar-refractivity contribution < 1.29 is 0 Å². The molecule has 0 atom stereocenters. The zero-order valence-corrected chi connectivity index (χ0v) is 10.3. The maximum absolute atomic E-state index is 4.27. The molecule has 1 N–H and O–H groups in total. The van der Waals surface area contributed by atoms with Gasteiger partial charge in [0.05, 0.1) is 5.69 Å². The van der Waals surface area contributed by atoms with E-state index in [9.17, 15) is 0 Å². The van der Waals surface area contributed by atoms with Gasteiger partial charge in [-0.2, -0.15) is 5.10 Å². The monoisotopic (exact) mass is 221 g/mol. The van der Waals surface area contributed by atoms with Crippen molar-refractivity contribution in [3.63, 3.8) is 0 Å². The molecule has 16 heavy (non-hydrogen) atoms. The minimum absolute atomic E-state index is 0.959. The summed E-state index contributed by atoms with van der Waals surface area (Å²) < 4.78 is 2.06. The van der Waals surface area contributed by atoms with Gasteiger partial charge in [-0.1, -0.05) is 25.7 Å². The lowest BCUT2D eigenvalue weighted by Gasteiger charge is -2.10. The Bertz CT molecular complexity index is 300. The Morgan fingerprint density at radius 2 is 2.25 bits per heavy atom. The molecule has 1 heterocycles. The van der Waals surface area contributed by atoms with E-state index in [-0.39, 0.29) is 0 Å². The average molecular weight is 221 g/mol. The van der Waals surface area contributed by atoms with Gasteiger partial charge in [-0.05, 0) is 31.9 Å². The third-order valence-electron chi connectivity index (χ3n) is 3.61. The van der Waals surface area contributed by atoms with E-state index in [1.807, 2.05) is 6.20 Å². The van der Waals surface area contributed by atoms with Gasteiger partial charge in [-0.15, -0.1) is 0 Å². The van der Waals surface area contributed by atoms with Crippen molar-refractivity contribution in [3.8, 4) is 0 Å². The predicted octanol–water partition coefficient (Wildman–Crippen LogP) is 2.57. The molecule has 3 heteroatoms. The highest BCUT2D eigenvalue weighted by Crippen LogP contribution is 2.26. The Kier molecular flexibility index (Phi) is 4.40. The standard InChI is InChI=1S/C13H23N3/c1-2-16-13(8-10-15-16)11-14-9-7-12-5-3-4-6-12/h8,10,12,14H,2-7,9,11H2,1H3. The summed E-state index contributed by atoms with van der Waals surface area (Å²) in [5, 5.41) is 7.80. The molecule has 1 aliphatic carbocycles. The van der Waals surface area contributed by atoms with Crippen LogP contribution in [0.5, 0.6) is 0 Å². The molecule has 3 nitrogen and oxygen atoms in total. The molecule has 2 rings (SSSR count). The lowest BCUT2D eigenvalue weighted by atomic mass is 10.0. The summed E-state index contributed by atoms with van der Waals surface area (Å²) in [5.41, 5.74) is 1.30. The molecule has 1 aromatic heterocycles.